The number of esters is 3. The number of aliphatic carboxylic acids is 1. The molecule has 1 spiro atoms. The lowest BCUT2D eigenvalue weighted by Crippen LogP contribution is -2.49. The molecule has 0 aromatic carbocycles. The van der Waals surface area contributed by atoms with Gasteiger partial charge in [-0.15, -0.1) is 0 Å². The third-order valence-corrected chi connectivity index (χ3v) is 7.90. The minimum atomic E-state index is -2.06. The van der Waals surface area contributed by atoms with Crippen LogP contribution in [0.15, 0.2) is 23.8 Å². The average Bonchev–Trinajstić information content (AvgIpc) is 3.44. The van der Waals surface area contributed by atoms with Crippen molar-refractivity contribution in [3.63, 3.8) is 0 Å². The van der Waals surface area contributed by atoms with Crippen LogP contribution in [0.3, 0.4) is 0 Å². The van der Waals surface area contributed by atoms with Gasteiger partial charge in [-0.1, -0.05) is 32.3 Å². The lowest BCUT2D eigenvalue weighted by Gasteiger charge is -2.36. The number of carbonyl (C=O) groups excluding carboxylic acids is 3. The monoisotopic (exact) mass is 492 g/mol. The van der Waals surface area contributed by atoms with Gasteiger partial charge in [0.1, 0.15) is 17.6 Å². The van der Waals surface area contributed by atoms with Gasteiger partial charge in [0.25, 0.3) is 0 Å². The van der Waals surface area contributed by atoms with Gasteiger partial charge >= 0.3 is 23.9 Å². The van der Waals surface area contributed by atoms with E-state index in [2.05, 4.69) is 6.92 Å². The molecule has 3 N–H and O–H groups in total. The standard InChI is InChI=1S/C25H32O10/c1-2-3-4-5-7-15-10-16(21(29)33-15)25(22(30)31)12-14(11-24(25)13-19(27)35-23(24)32)20(28)17-8-6-9-18(26)34-17/h6,9-10,14-15,17,19-20,27-28H,2-5,7-8,11-13H2,1H3,(H,30,31)/t14-,15-,17+,19+,20+,24+,25-/m0/s1. The number of hydrogen-bond acceptors (Lipinski definition) is 9. The van der Waals surface area contributed by atoms with Crippen LogP contribution in [0.4, 0.5) is 0 Å². The number of unbranched alkanes of at least 4 members (excludes halogenated alkanes) is 3. The van der Waals surface area contributed by atoms with Crippen LogP contribution in [-0.4, -0.2) is 63.8 Å². The molecule has 0 amide bonds. The first-order valence-corrected chi connectivity index (χ1v) is 12.3. The van der Waals surface area contributed by atoms with Gasteiger partial charge in [0.15, 0.2) is 0 Å². The number of ether oxygens (including phenoxy) is 3. The summed E-state index contributed by atoms with van der Waals surface area (Å²) in [5, 5.41) is 31.8. The molecule has 2 fully saturated rings. The Bertz CT molecular complexity index is 954. The Balaban J connectivity index is 1.70. The molecule has 3 heterocycles. The second-order valence-electron chi connectivity index (χ2n) is 10.0. The van der Waals surface area contributed by atoms with E-state index in [0.29, 0.717) is 6.42 Å². The lowest BCUT2D eigenvalue weighted by molar-refractivity contribution is -0.168. The fourth-order valence-corrected chi connectivity index (χ4v) is 6.24. The van der Waals surface area contributed by atoms with E-state index >= 15 is 0 Å². The van der Waals surface area contributed by atoms with Crippen LogP contribution in [0.2, 0.25) is 0 Å². The van der Waals surface area contributed by atoms with E-state index in [9.17, 15) is 34.5 Å². The Hall–Kier alpha value is -2.72. The van der Waals surface area contributed by atoms with Crippen LogP contribution in [0.25, 0.3) is 0 Å². The van der Waals surface area contributed by atoms with Gasteiger partial charge in [-0.3, -0.25) is 9.59 Å². The fraction of sp³-hybridized carbons (Fsp3) is 0.680. The average molecular weight is 493 g/mol. The second-order valence-corrected chi connectivity index (χ2v) is 10.0. The van der Waals surface area contributed by atoms with Crippen molar-refractivity contribution in [1.29, 1.82) is 0 Å². The molecule has 10 heteroatoms. The van der Waals surface area contributed by atoms with E-state index in [-0.39, 0.29) is 31.3 Å². The summed E-state index contributed by atoms with van der Waals surface area (Å²) in [6.07, 6.45) is 3.75. The number of cyclic esters (lactones) is 3. The molecule has 0 aromatic rings. The van der Waals surface area contributed by atoms with E-state index in [4.69, 9.17) is 14.2 Å². The predicted molar refractivity (Wildman–Crippen MR) is 118 cm³/mol. The summed E-state index contributed by atoms with van der Waals surface area (Å²) in [6.45, 7) is 2.08. The van der Waals surface area contributed by atoms with Gasteiger partial charge in [0.2, 0.25) is 6.29 Å². The molecular weight excluding hydrogens is 460 g/mol. The molecule has 0 bridgehead atoms. The molecule has 1 aliphatic carbocycles. The first-order valence-electron chi connectivity index (χ1n) is 12.3. The second kappa shape index (κ2) is 9.73. The van der Waals surface area contributed by atoms with Crippen molar-refractivity contribution < 1.29 is 48.7 Å². The van der Waals surface area contributed by atoms with Crippen LogP contribution in [0, 0.1) is 16.7 Å². The first-order chi connectivity index (χ1) is 16.6. The normalized spacial score (nSPS) is 37.2. The molecule has 4 aliphatic rings. The van der Waals surface area contributed by atoms with Crippen LogP contribution >= 0.6 is 0 Å². The van der Waals surface area contributed by atoms with Gasteiger partial charge in [-0.05, 0) is 37.7 Å². The number of hydrogen-bond donors (Lipinski definition) is 3. The highest BCUT2D eigenvalue weighted by Crippen LogP contribution is 2.65. The Morgan fingerprint density at radius 1 is 1.11 bits per heavy atom. The molecule has 4 rings (SSSR count). The third-order valence-electron chi connectivity index (χ3n) is 7.90. The zero-order valence-electron chi connectivity index (χ0n) is 19.7. The fourth-order valence-electron chi connectivity index (χ4n) is 6.24. The molecule has 10 nitrogen and oxygen atoms in total. The maximum atomic E-state index is 13.1. The van der Waals surface area contributed by atoms with Gasteiger partial charge < -0.3 is 29.5 Å². The predicted octanol–water partition coefficient (Wildman–Crippen LogP) is 1.77. The number of carboxylic acids is 1. The van der Waals surface area contributed by atoms with Crippen molar-refractivity contribution in [2.75, 3.05) is 0 Å². The number of carbonyl (C=O) groups is 4. The van der Waals surface area contributed by atoms with Gasteiger partial charge in [0.05, 0.1) is 17.1 Å². The van der Waals surface area contributed by atoms with E-state index in [0.717, 1.165) is 25.7 Å². The highest BCUT2D eigenvalue weighted by atomic mass is 16.6. The molecular formula is C25H32O10. The molecule has 0 aromatic heterocycles. The van der Waals surface area contributed by atoms with E-state index in [1.807, 2.05) is 0 Å². The molecule has 0 radical (unpaired) electrons. The van der Waals surface area contributed by atoms with Crippen LogP contribution < -0.4 is 0 Å². The van der Waals surface area contributed by atoms with Crippen molar-refractivity contribution in [2.45, 2.75) is 89.3 Å². The van der Waals surface area contributed by atoms with Gasteiger partial charge in [-0.2, -0.15) is 0 Å². The molecule has 192 valence electrons. The smallest absolute Gasteiger partial charge is 0.335 e. The summed E-state index contributed by atoms with van der Waals surface area (Å²) in [5.41, 5.74) is -3.98. The summed E-state index contributed by atoms with van der Waals surface area (Å²) in [6, 6.07) is 0. The highest BCUT2D eigenvalue weighted by molar-refractivity contribution is 6.03. The minimum Gasteiger partial charge on any atom is -0.481 e. The van der Waals surface area contributed by atoms with Gasteiger partial charge in [-0.25, -0.2) is 9.59 Å². The van der Waals surface area contributed by atoms with Crippen molar-refractivity contribution in [1.82, 2.24) is 0 Å². The molecule has 3 aliphatic heterocycles. The molecule has 1 saturated carbocycles. The Morgan fingerprint density at radius 2 is 1.89 bits per heavy atom. The summed E-state index contributed by atoms with van der Waals surface area (Å²) in [5.74, 6) is -4.60. The zero-order valence-corrected chi connectivity index (χ0v) is 19.7. The summed E-state index contributed by atoms with van der Waals surface area (Å²) >= 11 is 0. The number of rotatable bonds is 9. The van der Waals surface area contributed by atoms with E-state index in [1.54, 1.807) is 6.08 Å². The first kappa shape index (κ1) is 25.4. The maximum Gasteiger partial charge on any atom is 0.335 e. The quantitative estimate of drug-likeness (QED) is 0.246. The molecule has 7 atom stereocenters. The maximum absolute atomic E-state index is 13.1. The molecule has 35 heavy (non-hydrogen) atoms. The van der Waals surface area contributed by atoms with Crippen molar-refractivity contribution >= 4 is 23.9 Å². The Morgan fingerprint density at radius 3 is 2.51 bits per heavy atom. The van der Waals surface area contributed by atoms with Crippen LogP contribution in [-0.2, 0) is 33.4 Å². The highest BCUT2D eigenvalue weighted by Gasteiger charge is 2.74. The topological polar surface area (TPSA) is 157 Å². The molecule has 1 saturated heterocycles. The summed E-state index contributed by atoms with van der Waals surface area (Å²) in [7, 11) is 0. The Labute approximate surface area is 202 Å². The van der Waals surface area contributed by atoms with E-state index < -0.39 is 65.2 Å². The Kier molecular flexibility index (Phi) is 7.06. The molecule has 0 unspecified atom stereocenters. The van der Waals surface area contributed by atoms with Crippen molar-refractivity contribution in [2.24, 2.45) is 16.7 Å². The summed E-state index contributed by atoms with van der Waals surface area (Å²) in [4.78, 5) is 50.8. The van der Waals surface area contributed by atoms with Crippen molar-refractivity contribution in [3.8, 4) is 0 Å². The number of aliphatic hydroxyl groups is 2. The lowest BCUT2D eigenvalue weighted by atomic mass is 9.60. The third kappa shape index (κ3) is 4.27. The van der Waals surface area contributed by atoms with Crippen LogP contribution in [0.1, 0.15) is 64.7 Å². The van der Waals surface area contributed by atoms with Crippen LogP contribution in [0.5, 0.6) is 0 Å². The minimum absolute atomic E-state index is 0.147. The van der Waals surface area contributed by atoms with E-state index in [1.165, 1.54) is 12.2 Å². The largest absolute Gasteiger partial charge is 0.481 e. The van der Waals surface area contributed by atoms with Crippen molar-refractivity contribution in [3.05, 3.63) is 23.8 Å². The summed E-state index contributed by atoms with van der Waals surface area (Å²) < 4.78 is 15.7. The SMILES string of the molecule is CCCCCC[C@H]1C=C([C@]2(C(=O)O)C[C@@H]([C@@H](O)[C@H]3CC=CC(=O)O3)C[C@]23C[C@H](O)OC3=O)C(=O)O1. The zero-order chi connectivity index (χ0) is 25.4. The van der Waals surface area contributed by atoms with Gasteiger partial charge in [0, 0.05) is 18.9 Å². The number of carboxylic acid groups (broad SMARTS) is 1. The number of aliphatic hydroxyl groups excluding tert-OH is 2.